The minimum absolute atomic E-state index is 0.214. The molecule has 0 saturated heterocycles. The average molecular weight is 296 g/mol. The van der Waals surface area contributed by atoms with Crippen molar-refractivity contribution >= 4 is 17.7 Å². The first-order valence-electron chi connectivity index (χ1n) is 6.96. The lowest BCUT2D eigenvalue weighted by Gasteiger charge is -2.31. The molecular formula is C15H21FN2OS. The zero-order chi connectivity index (χ0) is 14.5. The zero-order valence-corrected chi connectivity index (χ0v) is 12.5. The SMILES string of the molecule is CSC1CCCCC1NCc1ccc(C(N)=O)cc1F. The molecule has 1 saturated carbocycles. The Morgan fingerprint density at radius 1 is 1.45 bits per heavy atom. The van der Waals surface area contributed by atoms with Gasteiger partial charge in [-0.3, -0.25) is 4.79 Å². The van der Waals surface area contributed by atoms with Crippen molar-refractivity contribution in [2.24, 2.45) is 5.73 Å². The summed E-state index contributed by atoms with van der Waals surface area (Å²) in [6, 6.07) is 4.87. The maximum atomic E-state index is 13.9. The summed E-state index contributed by atoms with van der Waals surface area (Å²) in [5, 5.41) is 4.06. The van der Waals surface area contributed by atoms with Crippen molar-refractivity contribution in [2.75, 3.05) is 6.26 Å². The Balaban J connectivity index is 1.98. The first-order valence-corrected chi connectivity index (χ1v) is 8.25. The standard InChI is InChI=1S/C15H21FN2OS/c1-20-14-5-3-2-4-13(14)18-9-11-7-6-10(15(17)19)8-12(11)16/h6-8,13-14,18H,2-5,9H2,1H3,(H2,17,19). The molecule has 0 radical (unpaired) electrons. The fourth-order valence-electron chi connectivity index (χ4n) is 2.70. The van der Waals surface area contributed by atoms with Crippen LogP contribution in [-0.2, 0) is 6.54 Å². The Hall–Kier alpha value is -1.07. The molecule has 1 fully saturated rings. The van der Waals surface area contributed by atoms with E-state index in [2.05, 4.69) is 11.6 Å². The molecule has 2 atom stereocenters. The van der Waals surface area contributed by atoms with E-state index in [4.69, 9.17) is 5.73 Å². The van der Waals surface area contributed by atoms with Crippen LogP contribution < -0.4 is 11.1 Å². The van der Waals surface area contributed by atoms with Crippen LogP contribution in [-0.4, -0.2) is 23.5 Å². The second-order valence-electron chi connectivity index (χ2n) is 5.22. The molecule has 20 heavy (non-hydrogen) atoms. The number of nitrogens with one attached hydrogen (secondary N) is 1. The third-order valence-electron chi connectivity index (χ3n) is 3.90. The van der Waals surface area contributed by atoms with Crippen LogP contribution in [0.4, 0.5) is 4.39 Å². The topological polar surface area (TPSA) is 55.1 Å². The van der Waals surface area contributed by atoms with Gasteiger partial charge in [0.1, 0.15) is 5.82 Å². The van der Waals surface area contributed by atoms with Crippen molar-refractivity contribution in [3.63, 3.8) is 0 Å². The molecule has 1 aromatic carbocycles. The summed E-state index contributed by atoms with van der Waals surface area (Å²) in [5.74, 6) is -0.969. The maximum Gasteiger partial charge on any atom is 0.248 e. The van der Waals surface area contributed by atoms with Gasteiger partial charge in [-0.2, -0.15) is 11.8 Å². The van der Waals surface area contributed by atoms with Gasteiger partial charge < -0.3 is 11.1 Å². The zero-order valence-electron chi connectivity index (χ0n) is 11.7. The van der Waals surface area contributed by atoms with E-state index in [0.717, 1.165) is 6.42 Å². The van der Waals surface area contributed by atoms with Gasteiger partial charge in [0.2, 0.25) is 5.91 Å². The van der Waals surface area contributed by atoms with Crippen LogP contribution >= 0.6 is 11.8 Å². The van der Waals surface area contributed by atoms with E-state index < -0.39 is 5.91 Å². The van der Waals surface area contributed by atoms with E-state index >= 15 is 0 Å². The lowest BCUT2D eigenvalue weighted by molar-refractivity contribution is 0.1000. The Morgan fingerprint density at radius 2 is 2.20 bits per heavy atom. The number of amides is 1. The molecule has 1 aliphatic carbocycles. The van der Waals surface area contributed by atoms with Crippen LogP contribution in [0.3, 0.4) is 0 Å². The molecular weight excluding hydrogens is 275 g/mol. The monoisotopic (exact) mass is 296 g/mol. The summed E-state index contributed by atoms with van der Waals surface area (Å²) in [6.45, 7) is 0.493. The maximum absolute atomic E-state index is 13.9. The molecule has 0 spiro atoms. The number of benzene rings is 1. The third-order valence-corrected chi connectivity index (χ3v) is 5.07. The van der Waals surface area contributed by atoms with Crippen LogP contribution in [0, 0.1) is 5.82 Å². The van der Waals surface area contributed by atoms with Crippen molar-refractivity contribution in [2.45, 2.75) is 43.5 Å². The van der Waals surface area contributed by atoms with E-state index in [1.165, 1.54) is 25.3 Å². The number of nitrogens with two attached hydrogens (primary N) is 1. The first-order chi connectivity index (χ1) is 9.61. The number of thioether (sulfide) groups is 1. The van der Waals surface area contributed by atoms with Crippen LogP contribution in [0.15, 0.2) is 18.2 Å². The summed E-state index contributed by atoms with van der Waals surface area (Å²) in [5.41, 5.74) is 5.93. The Kier molecular flexibility index (Phi) is 5.43. The molecule has 3 N–H and O–H groups in total. The van der Waals surface area contributed by atoms with Gasteiger partial charge >= 0.3 is 0 Å². The number of primary amides is 1. The number of hydrogen-bond donors (Lipinski definition) is 2. The Morgan fingerprint density at radius 3 is 2.85 bits per heavy atom. The summed E-state index contributed by atoms with van der Waals surface area (Å²) >= 11 is 1.88. The van der Waals surface area contributed by atoms with E-state index in [1.54, 1.807) is 12.1 Å². The molecule has 1 aromatic rings. The highest BCUT2D eigenvalue weighted by Gasteiger charge is 2.23. The minimum Gasteiger partial charge on any atom is -0.366 e. The highest BCUT2D eigenvalue weighted by atomic mass is 32.2. The van der Waals surface area contributed by atoms with Crippen LogP contribution in [0.2, 0.25) is 0 Å². The summed E-state index contributed by atoms with van der Waals surface area (Å²) in [6.07, 6.45) is 7.02. The number of hydrogen-bond acceptors (Lipinski definition) is 3. The fourth-order valence-corrected chi connectivity index (χ4v) is 3.66. The van der Waals surface area contributed by atoms with Crippen molar-refractivity contribution in [3.05, 3.63) is 35.1 Å². The van der Waals surface area contributed by atoms with Gasteiger partial charge in [0.15, 0.2) is 0 Å². The highest BCUT2D eigenvalue weighted by Crippen LogP contribution is 2.27. The molecule has 2 unspecified atom stereocenters. The molecule has 0 aliphatic heterocycles. The number of carbonyl (C=O) groups excluding carboxylic acids is 1. The summed E-state index contributed by atoms with van der Waals surface area (Å²) < 4.78 is 13.9. The molecule has 1 aliphatic rings. The molecule has 5 heteroatoms. The van der Waals surface area contributed by atoms with Gasteiger partial charge in [-0.15, -0.1) is 0 Å². The molecule has 110 valence electrons. The normalized spacial score (nSPS) is 22.7. The van der Waals surface area contributed by atoms with Crippen LogP contribution in [0.5, 0.6) is 0 Å². The molecule has 0 aromatic heterocycles. The molecule has 2 rings (SSSR count). The van der Waals surface area contributed by atoms with Crippen molar-refractivity contribution < 1.29 is 9.18 Å². The summed E-state index contributed by atoms with van der Waals surface area (Å²) in [4.78, 5) is 11.0. The predicted octanol–water partition coefficient (Wildman–Crippen LogP) is 2.69. The van der Waals surface area contributed by atoms with Crippen LogP contribution in [0.1, 0.15) is 41.6 Å². The van der Waals surface area contributed by atoms with Crippen molar-refractivity contribution in [1.29, 1.82) is 0 Å². The van der Waals surface area contributed by atoms with Gasteiger partial charge in [0.25, 0.3) is 0 Å². The first kappa shape index (κ1) is 15.3. The van der Waals surface area contributed by atoms with Gasteiger partial charge in [0.05, 0.1) is 0 Å². The van der Waals surface area contributed by atoms with Crippen molar-refractivity contribution in [1.82, 2.24) is 5.32 Å². The second kappa shape index (κ2) is 7.09. The smallest absolute Gasteiger partial charge is 0.248 e. The number of rotatable bonds is 5. The number of halogens is 1. The van der Waals surface area contributed by atoms with Gasteiger partial charge in [-0.25, -0.2) is 4.39 Å². The van der Waals surface area contributed by atoms with E-state index in [1.807, 2.05) is 11.8 Å². The Bertz CT molecular complexity index is 481. The average Bonchev–Trinajstić information content (AvgIpc) is 2.46. The van der Waals surface area contributed by atoms with Crippen molar-refractivity contribution in [3.8, 4) is 0 Å². The third kappa shape index (κ3) is 3.73. The summed E-state index contributed by atoms with van der Waals surface area (Å²) in [7, 11) is 0. The van der Waals surface area contributed by atoms with Gasteiger partial charge in [-0.05, 0) is 31.2 Å². The quantitative estimate of drug-likeness (QED) is 0.878. The van der Waals surface area contributed by atoms with Gasteiger partial charge in [-0.1, -0.05) is 18.9 Å². The molecule has 0 bridgehead atoms. The van der Waals surface area contributed by atoms with E-state index in [9.17, 15) is 9.18 Å². The highest BCUT2D eigenvalue weighted by molar-refractivity contribution is 7.99. The van der Waals surface area contributed by atoms with E-state index in [0.29, 0.717) is 23.4 Å². The predicted molar refractivity (Wildman–Crippen MR) is 81.3 cm³/mol. The lowest BCUT2D eigenvalue weighted by atomic mass is 9.94. The lowest BCUT2D eigenvalue weighted by Crippen LogP contribution is -2.40. The largest absolute Gasteiger partial charge is 0.366 e. The Labute approximate surface area is 123 Å². The van der Waals surface area contributed by atoms with Gasteiger partial charge in [0, 0.05) is 29.0 Å². The molecule has 1 amide bonds. The van der Waals surface area contributed by atoms with Crippen LogP contribution in [0.25, 0.3) is 0 Å². The second-order valence-corrected chi connectivity index (χ2v) is 6.29. The minimum atomic E-state index is -0.599. The molecule has 0 heterocycles. The fraction of sp³-hybridized carbons (Fsp3) is 0.533. The van der Waals surface area contributed by atoms with E-state index in [-0.39, 0.29) is 11.4 Å². The number of carbonyl (C=O) groups is 1. The molecule has 3 nitrogen and oxygen atoms in total.